The van der Waals surface area contributed by atoms with Crippen LogP contribution >= 0.6 is 15.9 Å². The van der Waals surface area contributed by atoms with Gasteiger partial charge in [-0.1, -0.05) is 46.3 Å². The molecule has 1 heterocycles. The van der Waals surface area contributed by atoms with E-state index >= 15 is 0 Å². The van der Waals surface area contributed by atoms with Crippen LogP contribution in [0.1, 0.15) is 22.0 Å². The fourth-order valence-corrected chi connectivity index (χ4v) is 2.87. The van der Waals surface area contributed by atoms with Crippen LogP contribution in [0.4, 0.5) is 0 Å². The second-order valence-electron chi connectivity index (χ2n) is 5.47. The highest BCUT2D eigenvalue weighted by atomic mass is 79.9. The van der Waals surface area contributed by atoms with E-state index in [1.807, 2.05) is 30.3 Å². The number of carbonyl (C=O) groups excluding carboxylic acids is 2. The van der Waals surface area contributed by atoms with Gasteiger partial charge in [0.05, 0.1) is 12.0 Å². The maximum atomic E-state index is 12.4. The van der Waals surface area contributed by atoms with Crippen LogP contribution < -0.4 is 21.7 Å². The largest absolute Gasteiger partial charge is 0.273 e. The topological polar surface area (TPSA) is 82.3 Å². The minimum absolute atomic E-state index is 0.143. The van der Waals surface area contributed by atoms with Crippen molar-refractivity contribution in [1.82, 2.24) is 21.7 Å². The summed E-state index contributed by atoms with van der Waals surface area (Å²) >= 11 is 3.31. The summed E-state index contributed by atoms with van der Waals surface area (Å²) < 4.78 is 0.886. The Balaban J connectivity index is 1.60. The normalized spacial score (nSPS) is 19.7. The van der Waals surface area contributed by atoms with Crippen molar-refractivity contribution in [3.8, 4) is 0 Å². The Morgan fingerprint density at radius 3 is 2.42 bits per heavy atom. The monoisotopic (exact) mass is 388 g/mol. The summed E-state index contributed by atoms with van der Waals surface area (Å²) in [6, 6.07) is 16.5. The van der Waals surface area contributed by atoms with Gasteiger partial charge in [0.1, 0.15) is 0 Å². The lowest BCUT2D eigenvalue weighted by molar-refractivity contribution is -0.125. The van der Waals surface area contributed by atoms with Crippen molar-refractivity contribution in [1.29, 1.82) is 0 Å². The number of halogens is 1. The third-order valence-electron chi connectivity index (χ3n) is 3.88. The van der Waals surface area contributed by atoms with Crippen LogP contribution in [0.15, 0.2) is 59.1 Å². The molecule has 0 bridgehead atoms. The Morgan fingerprint density at radius 2 is 1.71 bits per heavy atom. The molecule has 24 heavy (non-hydrogen) atoms. The molecule has 2 unspecified atom stereocenters. The van der Waals surface area contributed by atoms with Gasteiger partial charge < -0.3 is 0 Å². The van der Waals surface area contributed by atoms with Crippen molar-refractivity contribution < 1.29 is 9.59 Å². The number of benzene rings is 2. The first-order valence-electron chi connectivity index (χ1n) is 7.54. The molecular formula is C17H17BrN4O2. The average Bonchev–Trinajstić information content (AvgIpc) is 3.10. The van der Waals surface area contributed by atoms with Gasteiger partial charge in [0, 0.05) is 16.6 Å². The van der Waals surface area contributed by atoms with Gasteiger partial charge >= 0.3 is 0 Å². The number of amides is 2. The molecule has 7 heteroatoms. The van der Waals surface area contributed by atoms with E-state index < -0.39 is 0 Å². The lowest BCUT2D eigenvalue weighted by Gasteiger charge is -2.18. The average molecular weight is 389 g/mol. The molecule has 1 aliphatic heterocycles. The second-order valence-corrected chi connectivity index (χ2v) is 6.39. The fourth-order valence-electron chi connectivity index (χ4n) is 2.60. The third kappa shape index (κ3) is 3.81. The van der Waals surface area contributed by atoms with Gasteiger partial charge in [-0.2, -0.15) is 0 Å². The number of carbonyl (C=O) groups is 2. The summed E-state index contributed by atoms with van der Waals surface area (Å²) in [7, 11) is 0. The van der Waals surface area contributed by atoms with Crippen LogP contribution in [0.2, 0.25) is 0 Å². The molecule has 0 saturated carbocycles. The maximum Gasteiger partial charge on any atom is 0.269 e. The molecule has 0 spiro atoms. The van der Waals surface area contributed by atoms with Gasteiger partial charge in [-0.3, -0.25) is 25.9 Å². The number of hydrazine groups is 2. The molecule has 124 valence electrons. The quantitative estimate of drug-likeness (QED) is 0.602. The summed E-state index contributed by atoms with van der Waals surface area (Å²) in [4.78, 5) is 24.5. The molecule has 4 N–H and O–H groups in total. The number of hydrogen-bond donors (Lipinski definition) is 4. The van der Waals surface area contributed by atoms with Crippen molar-refractivity contribution in [3.63, 3.8) is 0 Å². The molecule has 1 saturated heterocycles. The predicted molar refractivity (Wildman–Crippen MR) is 93.6 cm³/mol. The van der Waals surface area contributed by atoms with Crippen LogP contribution in [-0.4, -0.2) is 18.4 Å². The minimum atomic E-state index is -0.356. The zero-order chi connectivity index (χ0) is 16.9. The highest BCUT2D eigenvalue weighted by molar-refractivity contribution is 9.10. The predicted octanol–water partition coefficient (Wildman–Crippen LogP) is 1.68. The van der Waals surface area contributed by atoms with Gasteiger partial charge in [-0.15, -0.1) is 0 Å². The molecule has 0 aromatic heterocycles. The Morgan fingerprint density at radius 1 is 1.00 bits per heavy atom. The van der Waals surface area contributed by atoms with Crippen LogP contribution in [0.25, 0.3) is 0 Å². The smallest absolute Gasteiger partial charge is 0.269 e. The lowest BCUT2D eigenvalue weighted by atomic mass is 9.94. The van der Waals surface area contributed by atoms with Crippen LogP contribution in [0.3, 0.4) is 0 Å². The van der Waals surface area contributed by atoms with Crippen LogP contribution in [0.5, 0.6) is 0 Å². The molecule has 2 amide bonds. The molecule has 1 fully saturated rings. The fraction of sp³-hybridized carbons (Fsp3) is 0.176. The molecule has 3 rings (SSSR count). The van der Waals surface area contributed by atoms with Crippen molar-refractivity contribution in [3.05, 3.63) is 70.2 Å². The number of nitrogens with one attached hydrogen (secondary N) is 4. The van der Waals surface area contributed by atoms with E-state index in [9.17, 15) is 9.59 Å². The summed E-state index contributed by atoms with van der Waals surface area (Å²) in [6.45, 7) is 0.486. The Labute approximate surface area is 148 Å². The van der Waals surface area contributed by atoms with E-state index in [0.29, 0.717) is 12.1 Å². The Hall–Kier alpha value is -2.22. The minimum Gasteiger partial charge on any atom is -0.273 e. The Kier molecular flexibility index (Phi) is 5.24. The highest BCUT2D eigenvalue weighted by Gasteiger charge is 2.34. The number of rotatable bonds is 3. The van der Waals surface area contributed by atoms with Crippen molar-refractivity contribution >= 4 is 27.7 Å². The summed E-state index contributed by atoms with van der Waals surface area (Å²) in [6.07, 6.45) is 0. The molecule has 2 aromatic rings. The van der Waals surface area contributed by atoms with E-state index in [-0.39, 0.29) is 23.8 Å². The molecule has 6 nitrogen and oxygen atoms in total. The van der Waals surface area contributed by atoms with E-state index in [1.54, 1.807) is 24.3 Å². The SMILES string of the molecule is O=C(NNC(=O)C1CNNC1c1ccccc1)c1ccc(Br)cc1. The zero-order valence-corrected chi connectivity index (χ0v) is 14.3. The second kappa shape index (κ2) is 7.57. The molecule has 1 aliphatic rings. The summed E-state index contributed by atoms with van der Waals surface area (Å²) in [5.41, 5.74) is 12.6. The van der Waals surface area contributed by atoms with Gasteiger partial charge in [0.15, 0.2) is 0 Å². The first-order chi connectivity index (χ1) is 11.6. The van der Waals surface area contributed by atoms with E-state index in [1.165, 1.54) is 0 Å². The van der Waals surface area contributed by atoms with E-state index in [2.05, 4.69) is 37.6 Å². The standard InChI is InChI=1S/C17H17BrN4O2/c18-13-8-6-12(7-9-13)16(23)21-22-17(24)14-10-19-20-15(14)11-4-2-1-3-5-11/h1-9,14-15,19-20H,10H2,(H,21,23)(H,22,24). The van der Waals surface area contributed by atoms with Crippen molar-refractivity contribution in [2.24, 2.45) is 5.92 Å². The molecule has 0 radical (unpaired) electrons. The molecular weight excluding hydrogens is 372 g/mol. The molecule has 2 aromatic carbocycles. The van der Waals surface area contributed by atoms with E-state index in [0.717, 1.165) is 10.0 Å². The van der Waals surface area contributed by atoms with Gasteiger partial charge in [-0.25, -0.2) is 5.43 Å². The summed E-state index contributed by atoms with van der Waals surface area (Å²) in [5, 5.41) is 0. The van der Waals surface area contributed by atoms with Gasteiger partial charge in [0.25, 0.3) is 5.91 Å². The maximum absolute atomic E-state index is 12.4. The van der Waals surface area contributed by atoms with Gasteiger partial charge in [-0.05, 0) is 29.8 Å². The van der Waals surface area contributed by atoms with Crippen molar-refractivity contribution in [2.75, 3.05) is 6.54 Å². The lowest BCUT2D eigenvalue weighted by Crippen LogP contribution is -2.46. The van der Waals surface area contributed by atoms with Crippen LogP contribution in [0, 0.1) is 5.92 Å². The number of hydrogen-bond acceptors (Lipinski definition) is 4. The van der Waals surface area contributed by atoms with Crippen molar-refractivity contribution in [2.45, 2.75) is 6.04 Å². The zero-order valence-electron chi connectivity index (χ0n) is 12.8. The highest BCUT2D eigenvalue weighted by Crippen LogP contribution is 2.24. The third-order valence-corrected chi connectivity index (χ3v) is 4.41. The summed E-state index contributed by atoms with van der Waals surface area (Å²) in [5.74, 6) is -0.921. The molecule has 0 aliphatic carbocycles. The Bertz CT molecular complexity index is 721. The first-order valence-corrected chi connectivity index (χ1v) is 8.33. The van der Waals surface area contributed by atoms with E-state index in [4.69, 9.17) is 0 Å². The first kappa shape index (κ1) is 16.6. The van der Waals surface area contributed by atoms with Gasteiger partial charge in [0.2, 0.25) is 5.91 Å². The van der Waals surface area contributed by atoms with Crippen LogP contribution in [-0.2, 0) is 4.79 Å². The molecule has 2 atom stereocenters.